The molecule has 0 spiro atoms. The molecule has 2 rings (SSSR count). The summed E-state index contributed by atoms with van der Waals surface area (Å²) in [5.74, 6) is -0.683. The quantitative estimate of drug-likeness (QED) is 0.284. The molecule has 1 N–H and O–H groups in total. The van der Waals surface area contributed by atoms with Gasteiger partial charge in [0.25, 0.3) is 0 Å². The summed E-state index contributed by atoms with van der Waals surface area (Å²) in [6.45, 7) is 3.74. The molecule has 0 unspecified atom stereocenters. The van der Waals surface area contributed by atoms with Gasteiger partial charge in [0.15, 0.2) is 0 Å². The smallest absolute Gasteiger partial charge is 0.778 e. The molecule has 0 saturated carbocycles. The zero-order chi connectivity index (χ0) is 16.1. The largest absolute Gasteiger partial charge is 1.00 e. The summed E-state index contributed by atoms with van der Waals surface area (Å²) in [6.07, 6.45) is 0. The number of hydrogen-bond donors (Lipinski definition) is 1. The van der Waals surface area contributed by atoms with E-state index in [1.807, 2.05) is 49.4 Å². The van der Waals surface area contributed by atoms with Crippen LogP contribution in [0.1, 0.15) is 18.2 Å². The van der Waals surface area contributed by atoms with E-state index in [1.54, 1.807) is 6.92 Å². The third kappa shape index (κ3) is 4.77. The van der Waals surface area contributed by atoms with Crippen LogP contribution in [0.2, 0.25) is 0 Å². The second-order valence-corrected chi connectivity index (χ2v) is 5.03. The first-order chi connectivity index (χ1) is 10.6. The van der Waals surface area contributed by atoms with Crippen LogP contribution in [-0.4, -0.2) is 17.6 Å². The molecule has 0 radical (unpaired) electrons. The number of aromatic nitrogens is 1. The minimum absolute atomic E-state index is 0. The normalized spacial score (nSPS) is 11.0. The van der Waals surface area contributed by atoms with Gasteiger partial charge in [-0.15, -0.1) is 4.91 Å². The van der Waals surface area contributed by atoms with Gasteiger partial charge < -0.3 is 22.3 Å². The molecule has 0 atom stereocenters. The number of nitriles is 1. The first-order valence-electron chi connectivity index (χ1n) is 6.82. The zero-order valence-corrected chi connectivity index (χ0v) is 17.3. The number of nitrogens with one attached hydrogen (secondary N) is 1. The van der Waals surface area contributed by atoms with Crippen LogP contribution in [0.4, 0.5) is 0 Å². The molecule has 1 aromatic carbocycles. The van der Waals surface area contributed by atoms with Crippen molar-refractivity contribution < 1.29 is 60.9 Å². The van der Waals surface area contributed by atoms with Gasteiger partial charge in [-0.05, 0) is 31.0 Å². The molecule has 0 aliphatic carbocycles. The van der Waals surface area contributed by atoms with Gasteiger partial charge in [0.05, 0.1) is 6.61 Å². The van der Waals surface area contributed by atoms with E-state index in [0.29, 0.717) is 5.56 Å². The molecule has 1 aromatic heterocycles. The molecule has 0 fully saturated rings. The molecule has 6 heteroatoms. The number of ether oxygens (including phenoxy) is 1. The van der Waals surface area contributed by atoms with Crippen LogP contribution in [0.25, 0.3) is 16.2 Å². The Bertz CT molecular complexity index is 761. The minimum Gasteiger partial charge on any atom is -0.778 e. The van der Waals surface area contributed by atoms with Crippen molar-refractivity contribution >= 4 is 23.5 Å². The molecule has 4 nitrogen and oxygen atoms in total. The van der Waals surface area contributed by atoms with Gasteiger partial charge >= 0.3 is 57.4 Å². The summed E-state index contributed by atoms with van der Waals surface area (Å²) in [6, 6.07) is 13.5. The molecule has 1 heterocycles. The number of carbonyl (C=O) groups is 1. The fraction of sp³-hybridized carbons (Fsp3) is 0.176. The zero-order valence-electron chi connectivity index (χ0n) is 13.3. The fourth-order valence-corrected chi connectivity index (χ4v) is 2.44. The van der Waals surface area contributed by atoms with Crippen LogP contribution in [-0.2, 0) is 22.2 Å². The summed E-state index contributed by atoms with van der Waals surface area (Å²) in [5, 5.41) is 9.18. The van der Waals surface area contributed by atoms with Crippen molar-refractivity contribution in [2.24, 2.45) is 0 Å². The molecule has 0 aliphatic heterocycles. The van der Waals surface area contributed by atoms with E-state index in [9.17, 15) is 10.1 Å². The van der Waals surface area contributed by atoms with Gasteiger partial charge in [-0.3, -0.25) is 0 Å². The maximum absolute atomic E-state index is 11.8. The molecule has 0 aliphatic rings. The van der Waals surface area contributed by atoms with Crippen molar-refractivity contribution in [1.82, 2.24) is 4.98 Å². The standard InChI is InChI=1S/C17H16N2O2S.K/c1-3-21-17(20)14(10-18)16(22)13-9-15(19-11(13)2)12-7-5-4-6-8-12;/h4-9,19,22H,3H2,1-2H3;/q;+1/p-1/b16-14-;. The Morgan fingerprint density at radius 1 is 1.35 bits per heavy atom. The van der Waals surface area contributed by atoms with Gasteiger partial charge in [0.2, 0.25) is 0 Å². The SMILES string of the molecule is CCOC(=O)/C(C#N)=C(\[S-])c1cc(-c2ccccc2)[nH]c1C.[K+]. The number of aryl methyl sites for hydroxylation is 1. The predicted octanol–water partition coefficient (Wildman–Crippen LogP) is 0.339. The van der Waals surface area contributed by atoms with E-state index in [1.165, 1.54) is 0 Å². The molecule has 23 heavy (non-hydrogen) atoms. The molecular formula is C17H15KN2O2S. The average molecular weight is 350 g/mol. The fourth-order valence-electron chi connectivity index (χ4n) is 2.09. The molecule has 112 valence electrons. The Labute approximate surface area is 183 Å². The average Bonchev–Trinajstić information content (AvgIpc) is 2.91. The Morgan fingerprint density at radius 2 is 2.00 bits per heavy atom. The first-order valence-corrected chi connectivity index (χ1v) is 7.23. The van der Waals surface area contributed by atoms with Crippen molar-refractivity contribution in [1.29, 1.82) is 5.26 Å². The van der Waals surface area contributed by atoms with Gasteiger partial charge in [-0.1, -0.05) is 30.3 Å². The Balaban J connectivity index is 0.00000264. The summed E-state index contributed by atoms with van der Waals surface area (Å²) in [5.41, 5.74) is 3.23. The van der Waals surface area contributed by atoms with Gasteiger partial charge in [0.1, 0.15) is 11.6 Å². The summed E-state index contributed by atoms with van der Waals surface area (Å²) in [4.78, 5) is 15.2. The van der Waals surface area contributed by atoms with Crippen LogP contribution in [0, 0.1) is 18.3 Å². The third-order valence-corrected chi connectivity index (χ3v) is 3.59. The number of aromatic amines is 1. The van der Waals surface area contributed by atoms with Gasteiger partial charge in [0, 0.05) is 11.4 Å². The van der Waals surface area contributed by atoms with E-state index in [-0.39, 0.29) is 68.5 Å². The van der Waals surface area contributed by atoms with E-state index >= 15 is 0 Å². The van der Waals surface area contributed by atoms with Crippen molar-refractivity contribution in [3.63, 3.8) is 0 Å². The van der Waals surface area contributed by atoms with E-state index in [0.717, 1.165) is 17.0 Å². The predicted molar refractivity (Wildman–Crippen MR) is 87.5 cm³/mol. The number of H-pyrrole nitrogens is 1. The van der Waals surface area contributed by atoms with Crippen LogP contribution < -0.4 is 51.4 Å². The monoisotopic (exact) mass is 350 g/mol. The number of benzene rings is 1. The Hall–Kier alpha value is -0.944. The van der Waals surface area contributed by atoms with Crippen LogP contribution in [0.5, 0.6) is 0 Å². The van der Waals surface area contributed by atoms with Gasteiger partial charge in [-0.25, -0.2) is 4.79 Å². The Morgan fingerprint density at radius 3 is 2.57 bits per heavy atom. The number of esters is 1. The Kier molecular flexibility index (Phi) is 8.19. The summed E-state index contributed by atoms with van der Waals surface area (Å²) < 4.78 is 4.87. The van der Waals surface area contributed by atoms with E-state index in [4.69, 9.17) is 17.4 Å². The third-order valence-electron chi connectivity index (χ3n) is 3.16. The molecule has 0 bridgehead atoms. The van der Waals surface area contributed by atoms with Crippen molar-refractivity contribution in [3.05, 3.63) is 53.2 Å². The number of hydrogen-bond acceptors (Lipinski definition) is 4. The first kappa shape index (κ1) is 20.1. The maximum Gasteiger partial charge on any atom is 1.00 e. The molecule has 0 amide bonds. The number of rotatable bonds is 4. The topological polar surface area (TPSA) is 65.9 Å². The van der Waals surface area contributed by atoms with E-state index in [2.05, 4.69) is 4.98 Å². The van der Waals surface area contributed by atoms with Gasteiger partial charge in [-0.2, -0.15) is 5.26 Å². The second kappa shape index (κ2) is 9.38. The maximum atomic E-state index is 11.8. The molecule has 2 aromatic rings. The van der Waals surface area contributed by atoms with Crippen molar-refractivity contribution in [3.8, 4) is 17.3 Å². The molecule has 0 saturated heterocycles. The van der Waals surface area contributed by atoms with Crippen LogP contribution in [0.3, 0.4) is 0 Å². The number of carbonyl (C=O) groups excluding carboxylic acids is 1. The summed E-state index contributed by atoms with van der Waals surface area (Å²) in [7, 11) is 0. The van der Waals surface area contributed by atoms with Crippen molar-refractivity contribution in [2.75, 3.05) is 6.61 Å². The van der Waals surface area contributed by atoms with Crippen molar-refractivity contribution in [2.45, 2.75) is 13.8 Å². The minimum atomic E-state index is -0.683. The van der Waals surface area contributed by atoms with E-state index < -0.39 is 5.97 Å². The van der Waals surface area contributed by atoms with Crippen LogP contribution >= 0.6 is 0 Å². The van der Waals surface area contributed by atoms with Crippen LogP contribution in [0.15, 0.2) is 42.0 Å². The number of nitrogens with zero attached hydrogens (tertiary/aromatic N) is 1. The molecular weight excluding hydrogens is 335 g/mol. The second-order valence-electron chi connectivity index (χ2n) is 4.62. The summed E-state index contributed by atoms with van der Waals surface area (Å²) >= 11 is 5.30.